The van der Waals surface area contributed by atoms with Crippen LogP contribution in [0.15, 0.2) is 4.52 Å². The molecule has 3 N–H and O–H groups in total. The molecule has 0 spiro atoms. The summed E-state index contributed by atoms with van der Waals surface area (Å²) in [4.78, 5) is 25.9. The maximum absolute atomic E-state index is 12.8. The molecule has 2 heterocycles. The van der Waals surface area contributed by atoms with Crippen molar-refractivity contribution >= 4 is 28.2 Å². The van der Waals surface area contributed by atoms with Crippen LogP contribution >= 0.6 is 11.3 Å². The number of nitrogens with one attached hydrogen (secondary N) is 1. The third kappa shape index (κ3) is 2.97. The van der Waals surface area contributed by atoms with Gasteiger partial charge >= 0.3 is 0 Å². The van der Waals surface area contributed by atoms with E-state index in [1.165, 1.54) is 11.3 Å². The molecule has 4 rings (SSSR count). The quantitative estimate of drug-likeness (QED) is 0.822. The number of hydrogen-bond donors (Lipinski definition) is 2. The van der Waals surface area contributed by atoms with Gasteiger partial charge in [0.1, 0.15) is 10.8 Å². The van der Waals surface area contributed by atoms with E-state index in [0.717, 1.165) is 79.6 Å². The molecular formula is C18H21N3O3S. The smallest absolute Gasteiger partial charge is 0.278 e. The van der Waals surface area contributed by atoms with E-state index in [2.05, 4.69) is 10.5 Å². The van der Waals surface area contributed by atoms with Crippen molar-refractivity contribution in [2.45, 2.75) is 57.8 Å². The Kier molecular flexibility index (Phi) is 4.33. The molecule has 0 bridgehead atoms. The molecule has 132 valence electrons. The summed E-state index contributed by atoms with van der Waals surface area (Å²) in [5, 5.41) is 7.42. The van der Waals surface area contributed by atoms with Gasteiger partial charge in [-0.1, -0.05) is 11.6 Å². The number of carbonyl (C=O) groups excluding carboxylic acids is 2. The van der Waals surface area contributed by atoms with Crippen LogP contribution in [0.2, 0.25) is 0 Å². The molecule has 0 radical (unpaired) electrons. The molecule has 0 unspecified atom stereocenters. The van der Waals surface area contributed by atoms with Crippen LogP contribution in [0.1, 0.15) is 74.7 Å². The topological polar surface area (TPSA) is 98.2 Å². The molecule has 2 aromatic heterocycles. The molecule has 0 fully saturated rings. The number of aromatic nitrogens is 1. The van der Waals surface area contributed by atoms with Crippen molar-refractivity contribution in [2.75, 3.05) is 5.32 Å². The largest absolute Gasteiger partial charge is 0.365 e. The van der Waals surface area contributed by atoms with Gasteiger partial charge < -0.3 is 15.6 Å². The molecule has 6 nitrogen and oxygen atoms in total. The molecule has 7 heteroatoms. The first-order valence-corrected chi connectivity index (χ1v) is 9.70. The van der Waals surface area contributed by atoms with Crippen molar-refractivity contribution in [3.63, 3.8) is 0 Å². The number of aryl methyl sites for hydroxylation is 2. The highest BCUT2D eigenvalue weighted by Crippen LogP contribution is 2.38. The average Bonchev–Trinajstić information content (AvgIpc) is 3.08. The van der Waals surface area contributed by atoms with E-state index in [4.69, 9.17) is 10.3 Å². The van der Waals surface area contributed by atoms with Crippen molar-refractivity contribution in [3.05, 3.63) is 33.0 Å². The maximum Gasteiger partial charge on any atom is 0.278 e. The molecule has 2 aromatic rings. The second kappa shape index (κ2) is 6.63. The summed E-state index contributed by atoms with van der Waals surface area (Å²) in [6, 6.07) is 0. The molecule has 0 saturated carbocycles. The number of rotatable bonds is 3. The zero-order valence-electron chi connectivity index (χ0n) is 14.0. The summed E-state index contributed by atoms with van der Waals surface area (Å²) < 4.78 is 5.39. The van der Waals surface area contributed by atoms with E-state index in [1.54, 1.807) is 0 Å². The lowest BCUT2D eigenvalue weighted by molar-refractivity contribution is 0.100. The van der Waals surface area contributed by atoms with Gasteiger partial charge in [-0.05, 0) is 50.5 Å². The standard InChI is InChI=1S/C18H21N3O3S/c19-16(22)14-11-7-4-5-9-13(11)25-18(14)20-17(23)15-10-6-2-1-3-8-12(10)24-21-15/h1-9H2,(H2,19,22)(H,20,23). The van der Waals surface area contributed by atoms with Gasteiger partial charge in [-0.15, -0.1) is 11.3 Å². The molecule has 2 aliphatic carbocycles. The number of carbonyl (C=O) groups is 2. The van der Waals surface area contributed by atoms with E-state index >= 15 is 0 Å². The molecule has 25 heavy (non-hydrogen) atoms. The van der Waals surface area contributed by atoms with Crippen LogP contribution in [0.25, 0.3) is 0 Å². The van der Waals surface area contributed by atoms with Gasteiger partial charge in [-0.3, -0.25) is 9.59 Å². The third-order valence-corrected chi connectivity index (χ3v) is 6.27. The lowest BCUT2D eigenvalue weighted by Crippen LogP contribution is -2.19. The van der Waals surface area contributed by atoms with Crippen molar-refractivity contribution in [2.24, 2.45) is 5.73 Å². The number of anilines is 1. The predicted octanol–water partition coefficient (Wildman–Crippen LogP) is 3.24. The van der Waals surface area contributed by atoms with Crippen LogP contribution in [0.5, 0.6) is 0 Å². The molecule has 0 aliphatic heterocycles. The Morgan fingerprint density at radius 1 is 1.00 bits per heavy atom. The number of thiophene rings is 1. The van der Waals surface area contributed by atoms with Crippen molar-refractivity contribution < 1.29 is 14.1 Å². The Morgan fingerprint density at radius 2 is 1.72 bits per heavy atom. The van der Waals surface area contributed by atoms with E-state index in [0.29, 0.717) is 16.3 Å². The first-order chi connectivity index (χ1) is 12.1. The Bertz CT molecular complexity index is 837. The van der Waals surface area contributed by atoms with Crippen molar-refractivity contribution in [1.82, 2.24) is 5.16 Å². The molecule has 0 aromatic carbocycles. The first-order valence-electron chi connectivity index (χ1n) is 8.88. The average molecular weight is 359 g/mol. The summed E-state index contributed by atoms with van der Waals surface area (Å²) in [5.74, 6) is 0.0323. The summed E-state index contributed by atoms with van der Waals surface area (Å²) >= 11 is 1.47. The van der Waals surface area contributed by atoms with Crippen molar-refractivity contribution in [1.29, 1.82) is 0 Å². The molecule has 2 aliphatic rings. The Labute approximate surface area is 149 Å². The Balaban J connectivity index is 1.65. The minimum absolute atomic E-state index is 0.312. The highest BCUT2D eigenvalue weighted by atomic mass is 32.1. The summed E-state index contributed by atoms with van der Waals surface area (Å²) in [7, 11) is 0. The summed E-state index contributed by atoms with van der Waals surface area (Å²) in [6.45, 7) is 0. The van der Waals surface area contributed by atoms with Gasteiger partial charge in [0.05, 0.1) is 5.56 Å². The van der Waals surface area contributed by atoms with Gasteiger partial charge in [0.2, 0.25) is 0 Å². The highest BCUT2D eigenvalue weighted by Gasteiger charge is 2.28. The van der Waals surface area contributed by atoms with Crippen molar-refractivity contribution in [3.8, 4) is 0 Å². The lowest BCUT2D eigenvalue weighted by Gasteiger charge is -2.11. The second-order valence-corrected chi connectivity index (χ2v) is 7.83. The van der Waals surface area contributed by atoms with E-state index in [-0.39, 0.29) is 5.91 Å². The fourth-order valence-electron chi connectivity index (χ4n) is 3.82. The van der Waals surface area contributed by atoms with E-state index in [1.807, 2.05) is 0 Å². The molecule has 0 saturated heterocycles. The van der Waals surface area contributed by atoms with Gasteiger partial charge in [0, 0.05) is 16.9 Å². The Morgan fingerprint density at radius 3 is 2.56 bits per heavy atom. The number of amides is 2. The minimum atomic E-state index is -0.478. The SMILES string of the molecule is NC(=O)c1c(NC(=O)c2noc3c2CCCCC3)sc2c1CCCC2. The van der Waals surface area contributed by atoms with Crippen LogP contribution in [-0.4, -0.2) is 17.0 Å². The summed E-state index contributed by atoms with van der Waals surface area (Å²) in [5.41, 5.74) is 8.34. The number of nitrogens with zero attached hydrogens (tertiary/aromatic N) is 1. The number of fused-ring (bicyclic) bond motifs is 2. The molecular weight excluding hydrogens is 338 g/mol. The fraction of sp³-hybridized carbons (Fsp3) is 0.500. The van der Waals surface area contributed by atoms with Gasteiger partial charge in [0.25, 0.3) is 11.8 Å². The lowest BCUT2D eigenvalue weighted by atomic mass is 9.95. The fourth-order valence-corrected chi connectivity index (χ4v) is 5.11. The van der Waals surface area contributed by atoms with Gasteiger partial charge in [-0.2, -0.15) is 0 Å². The van der Waals surface area contributed by atoms with E-state index in [9.17, 15) is 9.59 Å². The van der Waals surface area contributed by atoms with Crippen LogP contribution in [0.4, 0.5) is 5.00 Å². The highest BCUT2D eigenvalue weighted by molar-refractivity contribution is 7.17. The zero-order valence-corrected chi connectivity index (χ0v) is 14.8. The molecule has 0 atom stereocenters. The monoisotopic (exact) mass is 359 g/mol. The van der Waals surface area contributed by atoms with Crippen LogP contribution in [-0.2, 0) is 25.7 Å². The van der Waals surface area contributed by atoms with E-state index < -0.39 is 5.91 Å². The predicted molar refractivity (Wildman–Crippen MR) is 95.2 cm³/mol. The normalized spacial score (nSPS) is 16.6. The maximum atomic E-state index is 12.8. The molecule has 2 amide bonds. The zero-order chi connectivity index (χ0) is 17.4. The first kappa shape index (κ1) is 16.3. The number of nitrogens with two attached hydrogens (primary N) is 1. The minimum Gasteiger partial charge on any atom is -0.365 e. The van der Waals surface area contributed by atoms with Crippen LogP contribution in [0.3, 0.4) is 0 Å². The second-order valence-electron chi connectivity index (χ2n) is 6.73. The number of primary amides is 1. The summed E-state index contributed by atoms with van der Waals surface area (Å²) in [6.07, 6.45) is 8.81. The number of hydrogen-bond acceptors (Lipinski definition) is 5. The van der Waals surface area contributed by atoms with Gasteiger partial charge in [0.15, 0.2) is 5.69 Å². The third-order valence-electron chi connectivity index (χ3n) is 5.06. The van der Waals surface area contributed by atoms with Crippen LogP contribution < -0.4 is 11.1 Å². The van der Waals surface area contributed by atoms with Gasteiger partial charge in [-0.25, -0.2) is 0 Å². The Hall–Kier alpha value is -2.15. The van der Waals surface area contributed by atoms with Crippen LogP contribution in [0, 0.1) is 0 Å².